The minimum atomic E-state index is -1.51. The van der Waals surface area contributed by atoms with Crippen molar-refractivity contribution in [3.63, 3.8) is 0 Å². The highest BCUT2D eigenvalue weighted by Crippen LogP contribution is 2.21. The van der Waals surface area contributed by atoms with Crippen molar-refractivity contribution in [2.75, 3.05) is 20.2 Å². The van der Waals surface area contributed by atoms with E-state index in [4.69, 9.17) is 4.74 Å². The zero-order valence-electron chi connectivity index (χ0n) is 7.61. The van der Waals surface area contributed by atoms with Crippen LogP contribution in [0.2, 0.25) is 0 Å². The van der Waals surface area contributed by atoms with Crippen LogP contribution in [0.5, 0.6) is 5.75 Å². The molecular weight excluding hydrogens is 195 g/mol. The molecule has 0 amide bonds. The van der Waals surface area contributed by atoms with E-state index in [0.29, 0.717) is 6.54 Å². The topological polar surface area (TPSA) is 21.3 Å². The third-order valence-corrected chi connectivity index (χ3v) is 1.61. The van der Waals surface area contributed by atoms with Gasteiger partial charge in [-0.05, 0) is 19.2 Å². The van der Waals surface area contributed by atoms with Crippen LogP contribution < -0.4 is 10.1 Å². The number of hydrogen-bond donors (Lipinski definition) is 1. The average molecular weight is 205 g/mol. The van der Waals surface area contributed by atoms with Crippen LogP contribution >= 0.6 is 0 Å². The second kappa shape index (κ2) is 4.85. The second-order valence-corrected chi connectivity index (χ2v) is 2.63. The van der Waals surface area contributed by atoms with Crippen molar-refractivity contribution < 1.29 is 17.9 Å². The molecule has 0 aromatic heterocycles. The van der Waals surface area contributed by atoms with Crippen LogP contribution in [0.25, 0.3) is 0 Å². The molecule has 0 fully saturated rings. The Labute approximate surface area is 79.7 Å². The smallest absolute Gasteiger partial charge is 0.203 e. The van der Waals surface area contributed by atoms with Crippen molar-refractivity contribution in [3.8, 4) is 5.75 Å². The SMILES string of the molecule is CNCCOc1ccc(F)c(F)c1F. The van der Waals surface area contributed by atoms with Gasteiger partial charge in [-0.15, -0.1) is 0 Å². The van der Waals surface area contributed by atoms with Gasteiger partial charge >= 0.3 is 0 Å². The normalized spacial score (nSPS) is 10.3. The van der Waals surface area contributed by atoms with Crippen molar-refractivity contribution >= 4 is 0 Å². The van der Waals surface area contributed by atoms with E-state index >= 15 is 0 Å². The van der Waals surface area contributed by atoms with Crippen LogP contribution in [-0.2, 0) is 0 Å². The van der Waals surface area contributed by atoms with Gasteiger partial charge in [-0.25, -0.2) is 8.78 Å². The van der Waals surface area contributed by atoms with Gasteiger partial charge < -0.3 is 10.1 Å². The van der Waals surface area contributed by atoms with E-state index in [0.717, 1.165) is 12.1 Å². The number of benzene rings is 1. The number of hydrogen-bond acceptors (Lipinski definition) is 2. The van der Waals surface area contributed by atoms with E-state index in [9.17, 15) is 13.2 Å². The first-order chi connectivity index (χ1) is 6.66. The predicted octanol–water partition coefficient (Wildman–Crippen LogP) is 1.70. The van der Waals surface area contributed by atoms with E-state index in [1.807, 2.05) is 0 Å². The van der Waals surface area contributed by atoms with E-state index in [-0.39, 0.29) is 12.4 Å². The van der Waals surface area contributed by atoms with E-state index in [1.165, 1.54) is 0 Å². The van der Waals surface area contributed by atoms with E-state index in [1.54, 1.807) is 7.05 Å². The van der Waals surface area contributed by atoms with Crippen LogP contribution in [0.15, 0.2) is 12.1 Å². The summed E-state index contributed by atoms with van der Waals surface area (Å²) in [6.07, 6.45) is 0. The summed E-state index contributed by atoms with van der Waals surface area (Å²) in [6.45, 7) is 0.691. The highest BCUT2D eigenvalue weighted by molar-refractivity contribution is 5.26. The second-order valence-electron chi connectivity index (χ2n) is 2.63. The van der Waals surface area contributed by atoms with Crippen molar-refractivity contribution in [2.45, 2.75) is 0 Å². The molecule has 2 nitrogen and oxygen atoms in total. The number of ether oxygens (including phenoxy) is 1. The van der Waals surface area contributed by atoms with Crippen molar-refractivity contribution in [1.82, 2.24) is 5.32 Å². The fourth-order valence-corrected chi connectivity index (χ4v) is 0.883. The molecule has 1 N–H and O–H groups in total. The Hall–Kier alpha value is -1.23. The van der Waals surface area contributed by atoms with Crippen molar-refractivity contribution in [3.05, 3.63) is 29.6 Å². The molecule has 0 atom stereocenters. The van der Waals surface area contributed by atoms with Crippen molar-refractivity contribution in [1.29, 1.82) is 0 Å². The van der Waals surface area contributed by atoms with Gasteiger partial charge in [0.1, 0.15) is 6.61 Å². The van der Waals surface area contributed by atoms with Gasteiger partial charge in [0.2, 0.25) is 5.82 Å². The molecule has 0 saturated heterocycles. The van der Waals surface area contributed by atoms with Crippen LogP contribution in [-0.4, -0.2) is 20.2 Å². The lowest BCUT2D eigenvalue weighted by molar-refractivity contribution is 0.293. The number of rotatable bonds is 4. The molecule has 14 heavy (non-hydrogen) atoms. The molecule has 0 aliphatic rings. The summed E-state index contributed by atoms with van der Waals surface area (Å²) < 4.78 is 42.9. The van der Waals surface area contributed by atoms with E-state index < -0.39 is 17.5 Å². The monoisotopic (exact) mass is 205 g/mol. The Balaban J connectivity index is 2.73. The fraction of sp³-hybridized carbons (Fsp3) is 0.333. The molecule has 0 aliphatic carbocycles. The molecule has 0 spiro atoms. The lowest BCUT2D eigenvalue weighted by Crippen LogP contribution is -2.16. The molecule has 0 heterocycles. The zero-order chi connectivity index (χ0) is 10.6. The Morgan fingerprint density at radius 1 is 1.21 bits per heavy atom. The van der Waals surface area contributed by atoms with Crippen molar-refractivity contribution in [2.24, 2.45) is 0 Å². The van der Waals surface area contributed by atoms with Gasteiger partial charge in [-0.2, -0.15) is 4.39 Å². The quantitative estimate of drug-likeness (QED) is 0.596. The van der Waals surface area contributed by atoms with E-state index in [2.05, 4.69) is 5.32 Å². The number of nitrogens with one attached hydrogen (secondary N) is 1. The van der Waals surface area contributed by atoms with Crippen LogP contribution in [0, 0.1) is 17.5 Å². The summed E-state index contributed by atoms with van der Waals surface area (Å²) >= 11 is 0. The minimum absolute atomic E-state index is 0.193. The third-order valence-electron chi connectivity index (χ3n) is 1.61. The standard InChI is InChI=1S/C9H10F3NO/c1-13-4-5-14-7-3-2-6(10)8(11)9(7)12/h2-3,13H,4-5H2,1H3. The lowest BCUT2D eigenvalue weighted by atomic mass is 10.3. The van der Waals surface area contributed by atoms with Gasteiger partial charge in [0.15, 0.2) is 17.4 Å². The van der Waals surface area contributed by atoms with Gasteiger partial charge in [0.05, 0.1) is 0 Å². The first kappa shape index (κ1) is 10.8. The largest absolute Gasteiger partial charge is 0.489 e. The average Bonchev–Trinajstić information content (AvgIpc) is 2.18. The summed E-state index contributed by atoms with van der Waals surface area (Å²) in [6, 6.07) is 1.89. The zero-order valence-corrected chi connectivity index (χ0v) is 7.61. The molecule has 1 aromatic rings. The maximum atomic E-state index is 12.9. The lowest BCUT2D eigenvalue weighted by Gasteiger charge is -2.07. The maximum Gasteiger partial charge on any atom is 0.203 e. The van der Waals surface area contributed by atoms with Gasteiger partial charge in [0, 0.05) is 6.54 Å². The van der Waals surface area contributed by atoms with Gasteiger partial charge in [-0.1, -0.05) is 0 Å². The summed E-state index contributed by atoms with van der Waals surface area (Å²) in [5, 5.41) is 2.77. The molecule has 0 saturated carbocycles. The maximum absolute atomic E-state index is 12.9. The summed E-state index contributed by atoms with van der Waals surface area (Å²) in [5.74, 6) is -4.30. The van der Waals surface area contributed by atoms with Gasteiger partial charge in [-0.3, -0.25) is 0 Å². The Bertz CT molecular complexity index is 317. The van der Waals surface area contributed by atoms with Crippen LogP contribution in [0.3, 0.4) is 0 Å². The van der Waals surface area contributed by atoms with Crippen LogP contribution in [0.4, 0.5) is 13.2 Å². The molecule has 0 bridgehead atoms. The Kier molecular flexibility index (Phi) is 3.76. The summed E-state index contributed by atoms with van der Waals surface area (Å²) in [4.78, 5) is 0. The summed E-state index contributed by atoms with van der Waals surface area (Å²) in [7, 11) is 1.70. The molecule has 78 valence electrons. The first-order valence-corrected chi connectivity index (χ1v) is 4.07. The molecule has 0 unspecified atom stereocenters. The minimum Gasteiger partial charge on any atom is -0.489 e. The highest BCUT2D eigenvalue weighted by Gasteiger charge is 2.13. The molecule has 5 heteroatoms. The number of likely N-dealkylation sites (N-methyl/N-ethyl adjacent to an activating group) is 1. The fourth-order valence-electron chi connectivity index (χ4n) is 0.883. The Morgan fingerprint density at radius 3 is 2.57 bits per heavy atom. The number of halogens is 3. The molecule has 0 aliphatic heterocycles. The highest BCUT2D eigenvalue weighted by atomic mass is 19.2. The predicted molar refractivity (Wildman–Crippen MR) is 45.7 cm³/mol. The molecular formula is C9H10F3NO. The summed E-state index contributed by atoms with van der Waals surface area (Å²) in [5.41, 5.74) is 0. The molecule has 1 rings (SSSR count). The third kappa shape index (κ3) is 2.38. The molecule has 1 aromatic carbocycles. The Morgan fingerprint density at radius 2 is 1.93 bits per heavy atom. The first-order valence-electron chi connectivity index (χ1n) is 4.07. The van der Waals surface area contributed by atoms with Crippen LogP contribution in [0.1, 0.15) is 0 Å². The van der Waals surface area contributed by atoms with Gasteiger partial charge in [0.25, 0.3) is 0 Å². The molecule has 0 radical (unpaired) electrons.